The van der Waals surface area contributed by atoms with Crippen LogP contribution in [-0.2, 0) is 4.79 Å². The number of aliphatic hydroxyl groups is 1. The van der Waals surface area contributed by atoms with Crippen LogP contribution in [0.4, 0.5) is 4.79 Å². The van der Waals surface area contributed by atoms with Crippen molar-refractivity contribution in [1.82, 2.24) is 15.1 Å². The Morgan fingerprint density at radius 1 is 1.19 bits per heavy atom. The first-order valence-corrected chi connectivity index (χ1v) is 10.4. The standard InChI is InChI=1S/C20H37N3O3/c1-4-7-20(26)8-11-22(12-9-20)18(24)13-17-6-5-10-23(15-17)19(25)21-14-16(2)3/h16-17,26H,4-15H2,1-3H3,(H,21,25). The summed E-state index contributed by atoms with van der Waals surface area (Å²) in [5.41, 5.74) is -0.582. The van der Waals surface area contributed by atoms with Gasteiger partial charge in [-0.25, -0.2) is 4.79 Å². The van der Waals surface area contributed by atoms with Gasteiger partial charge >= 0.3 is 6.03 Å². The molecule has 2 rings (SSSR count). The van der Waals surface area contributed by atoms with Gasteiger partial charge in [0.15, 0.2) is 0 Å². The van der Waals surface area contributed by atoms with Gasteiger partial charge in [-0.3, -0.25) is 4.79 Å². The van der Waals surface area contributed by atoms with Gasteiger partial charge in [-0.15, -0.1) is 0 Å². The minimum Gasteiger partial charge on any atom is -0.390 e. The Morgan fingerprint density at radius 2 is 1.88 bits per heavy atom. The van der Waals surface area contributed by atoms with Crippen LogP contribution >= 0.6 is 0 Å². The van der Waals surface area contributed by atoms with Crippen molar-refractivity contribution in [2.24, 2.45) is 11.8 Å². The Morgan fingerprint density at radius 3 is 2.50 bits per heavy atom. The van der Waals surface area contributed by atoms with Crippen molar-refractivity contribution in [3.8, 4) is 0 Å². The second-order valence-electron chi connectivity index (χ2n) is 8.59. The van der Waals surface area contributed by atoms with E-state index in [4.69, 9.17) is 0 Å². The highest BCUT2D eigenvalue weighted by atomic mass is 16.3. The number of carbonyl (C=O) groups is 2. The maximum atomic E-state index is 12.7. The molecule has 26 heavy (non-hydrogen) atoms. The fourth-order valence-electron chi connectivity index (χ4n) is 4.08. The summed E-state index contributed by atoms with van der Waals surface area (Å²) < 4.78 is 0. The smallest absolute Gasteiger partial charge is 0.317 e. The number of hydrogen-bond donors (Lipinski definition) is 2. The summed E-state index contributed by atoms with van der Waals surface area (Å²) in [6.45, 7) is 9.69. The number of urea groups is 1. The number of amides is 3. The molecule has 0 bridgehead atoms. The van der Waals surface area contributed by atoms with E-state index in [0.717, 1.165) is 32.2 Å². The molecule has 150 valence electrons. The number of hydrogen-bond acceptors (Lipinski definition) is 3. The molecule has 2 fully saturated rings. The summed E-state index contributed by atoms with van der Waals surface area (Å²) in [7, 11) is 0. The van der Waals surface area contributed by atoms with E-state index in [1.54, 1.807) is 0 Å². The van der Waals surface area contributed by atoms with Gasteiger partial charge in [0.25, 0.3) is 0 Å². The van der Waals surface area contributed by atoms with Crippen LogP contribution in [-0.4, -0.2) is 65.2 Å². The van der Waals surface area contributed by atoms with E-state index in [2.05, 4.69) is 26.1 Å². The van der Waals surface area contributed by atoms with Crippen LogP contribution in [0.25, 0.3) is 0 Å². The summed E-state index contributed by atoms with van der Waals surface area (Å²) in [5.74, 6) is 0.863. The molecule has 0 aliphatic carbocycles. The number of nitrogens with zero attached hydrogens (tertiary/aromatic N) is 2. The lowest BCUT2D eigenvalue weighted by Gasteiger charge is -2.39. The molecule has 1 unspecified atom stereocenters. The second-order valence-corrected chi connectivity index (χ2v) is 8.59. The predicted octanol–water partition coefficient (Wildman–Crippen LogP) is 2.61. The van der Waals surface area contributed by atoms with Crippen LogP contribution < -0.4 is 5.32 Å². The third-order valence-corrected chi connectivity index (χ3v) is 5.69. The van der Waals surface area contributed by atoms with Crippen molar-refractivity contribution < 1.29 is 14.7 Å². The lowest BCUT2D eigenvalue weighted by Crippen LogP contribution is -2.49. The van der Waals surface area contributed by atoms with Gasteiger partial charge in [0.2, 0.25) is 5.91 Å². The molecule has 0 spiro atoms. The molecule has 2 heterocycles. The maximum absolute atomic E-state index is 12.7. The van der Waals surface area contributed by atoms with E-state index in [1.165, 1.54) is 0 Å². The Bertz CT molecular complexity index is 473. The summed E-state index contributed by atoms with van der Waals surface area (Å²) in [5, 5.41) is 13.5. The van der Waals surface area contributed by atoms with E-state index >= 15 is 0 Å². The Kier molecular flexibility index (Phi) is 7.74. The average molecular weight is 368 g/mol. The van der Waals surface area contributed by atoms with Crippen molar-refractivity contribution in [1.29, 1.82) is 0 Å². The van der Waals surface area contributed by atoms with Gasteiger partial charge in [-0.05, 0) is 43.9 Å². The molecule has 2 aliphatic rings. The van der Waals surface area contributed by atoms with Crippen molar-refractivity contribution in [3.05, 3.63) is 0 Å². The van der Waals surface area contributed by atoms with Crippen LogP contribution in [0.1, 0.15) is 65.7 Å². The van der Waals surface area contributed by atoms with Crippen molar-refractivity contribution in [2.75, 3.05) is 32.7 Å². The minimum atomic E-state index is -0.582. The first-order valence-electron chi connectivity index (χ1n) is 10.4. The fourth-order valence-corrected chi connectivity index (χ4v) is 4.08. The molecule has 0 aromatic carbocycles. The van der Waals surface area contributed by atoms with E-state index in [1.807, 2.05) is 9.80 Å². The molecular weight excluding hydrogens is 330 g/mol. The van der Waals surface area contributed by atoms with E-state index in [0.29, 0.717) is 51.4 Å². The highest BCUT2D eigenvalue weighted by molar-refractivity contribution is 5.77. The van der Waals surface area contributed by atoms with Crippen molar-refractivity contribution in [2.45, 2.75) is 71.3 Å². The quantitative estimate of drug-likeness (QED) is 0.758. The molecule has 3 amide bonds. The normalized spacial score (nSPS) is 23.2. The van der Waals surface area contributed by atoms with Crippen LogP contribution in [0, 0.1) is 11.8 Å². The zero-order valence-corrected chi connectivity index (χ0v) is 16.8. The maximum Gasteiger partial charge on any atom is 0.317 e. The van der Waals surface area contributed by atoms with E-state index in [-0.39, 0.29) is 17.9 Å². The van der Waals surface area contributed by atoms with Crippen LogP contribution in [0.15, 0.2) is 0 Å². The molecule has 0 saturated carbocycles. The first kappa shape index (κ1) is 21.0. The minimum absolute atomic E-state index is 0.00143. The third-order valence-electron chi connectivity index (χ3n) is 5.69. The Labute approximate surface area is 158 Å². The van der Waals surface area contributed by atoms with E-state index in [9.17, 15) is 14.7 Å². The van der Waals surface area contributed by atoms with Crippen LogP contribution in [0.5, 0.6) is 0 Å². The number of likely N-dealkylation sites (tertiary alicyclic amines) is 2. The first-order chi connectivity index (χ1) is 12.3. The topological polar surface area (TPSA) is 72.9 Å². The number of nitrogens with one attached hydrogen (secondary N) is 1. The van der Waals surface area contributed by atoms with E-state index < -0.39 is 5.60 Å². The average Bonchev–Trinajstić information content (AvgIpc) is 2.60. The summed E-state index contributed by atoms with van der Waals surface area (Å²) >= 11 is 0. The van der Waals surface area contributed by atoms with Crippen molar-refractivity contribution >= 4 is 11.9 Å². The molecule has 2 saturated heterocycles. The van der Waals surface area contributed by atoms with Crippen molar-refractivity contribution in [3.63, 3.8) is 0 Å². The molecule has 1 atom stereocenters. The summed E-state index contributed by atoms with van der Waals surface area (Å²) in [6.07, 6.45) is 5.64. The zero-order chi connectivity index (χ0) is 19.2. The molecule has 2 N–H and O–H groups in total. The number of rotatable bonds is 6. The van der Waals surface area contributed by atoms with Gasteiger partial charge in [-0.2, -0.15) is 0 Å². The summed E-state index contributed by atoms with van der Waals surface area (Å²) in [6, 6.07) is -0.00143. The van der Waals surface area contributed by atoms with Gasteiger partial charge in [0.05, 0.1) is 5.60 Å². The monoisotopic (exact) mass is 367 g/mol. The van der Waals surface area contributed by atoms with Gasteiger partial charge in [0, 0.05) is 39.1 Å². The Balaban J connectivity index is 1.77. The van der Waals surface area contributed by atoms with Gasteiger partial charge < -0.3 is 20.2 Å². The third kappa shape index (κ3) is 6.15. The molecule has 0 aromatic rings. The highest BCUT2D eigenvalue weighted by Gasteiger charge is 2.34. The highest BCUT2D eigenvalue weighted by Crippen LogP contribution is 2.28. The Hall–Kier alpha value is -1.30. The number of carbonyl (C=O) groups excluding carboxylic acids is 2. The van der Waals surface area contributed by atoms with Gasteiger partial charge in [-0.1, -0.05) is 27.2 Å². The second kappa shape index (κ2) is 9.58. The van der Waals surface area contributed by atoms with Crippen LogP contribution in [0.3, 0.4) is 0 Å². The predicted molar refractivity (Wildman–Crippen MR) is 103 cm³/mol. The molecule has 6 heteroatoms. The van der Waals surface area contributed by atoms with Gasteiger partial charge in [0.1, 0.15) is 0 Å². The zero-order valence-electron chi connectivity index (χ0n) is 16.8. The molecular formula is C20H37N3O3. The number of piperidine rings is 2. The largest absolute Gasteiger partial charge is 0.390 e. The molecule has 6 nitrogen and oxygen atoms in total. The fraction of sp³-hybridized carbons (Fsp3) is 0.900. The lowest BCUT2D eigenvalue weighted by atomic mass is 9.86. The molecule has 0 aromatic heterocycles. The molecule has 0 radical (unpaired) electrons. The summed E-state index contributed by atoms with van der Waals surface area (Å²) in [4.78, 5) is 28.7. The molecule has 2 aliphatic heterocycles. The lowest BCUT2D eigenvalue weighted by molar-refractivity contribution is -0.137. The van der Waals surface area contributed by atoms with Crippen LogP contribution in [0.2, 0.25) is 0 Å². The SMILES string of the molecule is CCCC1(O)CCN(C(=O)CC2CCCN(C(=O)NCC(C)C)C2)CC1.